The highest BCUT2D eigenvalue weighted by molar-refractivity contribution is 7.99. The number of carbonyl (C=O) groups is 6. The molecule has 0 fully saturated rings. The van der Waals surface area contributed by atoms with E-state index in [-0.39, 0.29) is 52.8 Å². The van der Waals surface area contributed by atoms with Gasteiger partial charge in [0.05, 0.1) is 12.0 Å². The number of unbranched alkanes of at least 4 members (excludes halogenated alkanes) is 3. The normalized spacial score (nSPS) is 16.2. The van der Waals surface area contributed by atoms with Crippen molar-refractivity contribution in [1.29, 1.82) is 0 Å². The molecule has 18 heteroatoms. The maximum atomic E-state index is 11.9. The third-order valence-electron chi connectivity index (χ3n) is 4.03. The van der Waals surface area contributed by atoms with E-state index in [1.165, 1.54) is 0 Å². The van der Waals surface area contributed by atoms with Gasteiger partial charge in [0.2, 0.25) is 0 Å². The highest BCUT2D eigenvalue weighted by Crippen LogP contribution is 2.25. The summed E-state index contributed by atoms with van der Waals surface area (Å²) in [5.74, 6) is -6.55. The standard InChI is InChI=1S/C16H16N2O14S2/c19-11-7-9(33-32-31-25)15(23)17(11)29-13(21)5-3-1-2-4-6-14(22)30-18-12(20)8-10(16(18)24)34(26,27)28/h7-8,25H,1-6H2,(H,26,27,28). The molecule has 2 aliphatic heterocycles. The lowest BCUT2D eigenvalue weighted by atomic mass is 10.1. The van der Waals surface area contributed by atoms with Crippen LogP contribution >= 0.6 is 12.0 Å². The van der Waals surface area contributed by atoms with Gasteiger partial charge in [-0.15, -0.1) is 4.33 Å². The van der Waals surface area contributed by atoms with E-state index in [9.17, 15) is 37.2 Å². The molecule has 2 aliphatic rings. The van der Waals surface area contributed by atoms with Gasteiger partial charge in [-0.05, 0) is 12.8 Å². The van der Waals surface area contributed by atoms with E-state index >= 15 is 0 Å². The molecule has 0 saturated carbocycles. The minimum absolute atomic E-state index is 0.0792. The molecule has 0 saturated heterocycles. The second-order valence-electron chi connectivity index (χ2n) is 6.43. The third-order valence-corrected chi connectivity index (χ3v) is 5.48. The number of rotatable bonds is 13. The van der Waals surface area contributed by atoms with Gasteiger partial charge in [0.15, 0.2) is 4.91 Å². The zero-order valence-electron chi connectivity index (χ0n) is 16.9. The molecule has 0 spiro atoms. The SMILES string of the molecule is O=C(CCCCCCC(=O)ON1C(=O)C=C(S(=O)(=O)O)C1=O)ON1C(=O)C=C(SOOO)C1=O. The van der Waals surface area contributed by atoms with Crippen molar-refractivity contribution in [3.8, 4) is 0 Å². The smallest absolute Gasteiger partial charge is 0.330 e. The Morgan fingerprint density at radius 1 is 0.853 bits per heavy atom. The van der Waals surface area contributed by atoms with E-state index in [2.05, 4.69) is 19.0 Å². The summed E-state index contributed by atoms with van der Waals surface area (Å²) >= 11 is 0.234. The van der Waals surface area contributed by atoms with Crippen molar-refractivity contribution >= 4 is 57.7 Å². The molecule has 0 aromatic heterocycles. The van der Waals surface area contributed by atoms with Gasteiger partial charge in [0, 0.05) is 25.0 Å². The van der Waals surface area contributed by atoms with Crippen LogP contribution in [0.2, 0.25) is 0 Å². The van der Waals surface area contributed by atoms with Gasteiger partial charge < -0.3 is 9.68 Å². The van der Waals surface area contributed by atoms with Gasteiger partial charge >= 0.3 is 23.8 Å². The van der Waals surface area contributed by atoms with Crippen molar-refractivity contribution < 1.29 is 66.0 Å². The highest BCUT2D eigenvalue weighted by atomic mass is 32.2. The molecule has 4 amide bonds. The number of carbonyl (C=O) groups excluding carboxylic acids is 6. The molecule has 0 bridgehead atoms. The molecule has 0 unspecified atom stereocenters. The van der Waals surface area contributed by atoms with Crippen LogP contribution in [0.3, 0.4) is 0 Å². The van der Waals surface area contributed by atoms with E-state index in [0.717, 1.165) is 6.08 Å². The fourth-order valence-corrected chi connectivity index (χ4v) is 3.48. The Kier molecular flexibility index (Phi) is 9.41. The first-order valence-corrected chi connectivity index (χ1v) is 11.4. The summed E-state index contributed by atoms with van der Waals surface area (Å²) in [5, 5.41) is 11.5. The number of hydroxylamine groups is 4. The maximum absolute atomic E-state index is 11.9. The lowest BCUT2D eigenvalue weighted by Crippen LogP contribution is -2.34. The number of hydrogen-bond acceptors (Lipinski definition) is 14. The van der Waals surface area contributed by atoms with E-state index in [1.54, 1.807) is 0 Å². The third kappa shape index (κ3) is 7.17. The number of imide groups is 2. The molecule has 0 aromatic rings. The molecule has 2 N–H and O–H groups in total. The molecule has 0 atom stereocenters. The van der Waals surface area contributed by atoms with Gasteiger partial charge in [-0.25, -0.2) is 14.8 Å². The van der Waals surface area contributed by atoms with Crippen molar-refractivity contribution in [1.82, 2.24) is 10.1 Å². The molecule has 2 rings (SSSR count). The predicted octanol–water partition coefficient (Wildman–Crippen LogP) is -0.294. The first-order chi connectivity index (χ1) is 16.0. The van der Waals surface area contributed by atoms with E-state index in [1.807, 2.05) is 0 Å². The largest absolute Gasteiger partial charge is 0.333 e. The number of nitrogens with zero attached hydrogens (tertiary/aromatic N) is 2. The number of hydrogen-bond donors (Lipinski definition) is 2. The quantitative estimate of drug-likeness (QED) is 0.0789. The van der Waals surface area contributed by atoms with Gasteiger partial charge in [-0.1, -0.05) is 28.0 Å². The van der Waals surface area contributed by atoms with Crippen LogP contribution in [-0.4, -0.2) is 63.9 Å². The van der Waals surface area contributed by atoms with E-state index in [4.69, 9.17) is 9.81 Å². The van der Waals surface area contributed by atoms with E-state index in [0.29, 0.717) is 18.9 Å². The van der Waals surface area contributed by atoms with Crippen LogP contribution in [0.4, 0.5) is 0 Å². The fourth-order valence-electron chi connectivity index (χ4n) is 2.52. The zero-order valence-corrected chi connectivity index (χ0v) is 18.5. The number of amides is 4. The summed E-state index contributed by atoms with van der Waals surface area (Å²) < 4.78 is 34.8. The van der Waals surface area contributed by atoms with Crippen LogP contribution < -0.4 is 0 Å². The van der Waals surface area contributed by atoms with E-state index < -0.39 is 50.6 Å². The fraction of sp³-hybridized carbons (Fsp3) is 0.375. The summed E-state index contributed by atoms with van der Waals surface area (Å²) in [6, 6.07) is 0. The van der Waals surface area contributed by atoms with Crippen molar-refractivity contribution in [2.45, 2.75) is 38.5 Å². The maximum Gasteiger partial charge on any atom is 0.333 e. The van der Waals surface area contributed by atoms with Gasteiger partial charge in [0.1, 0.15) is 4.91 Å². The molecular weight excluding hydrogens is 508 g/mol. The Hall–Kier alpha value is -3.16. The Morgan fingerprint density at radius 3 is 1.82 bits per heavy atom. The molecule has 34 heavy (non-hydrogen) atoms. The van der Waals surface area contributed by atoms with Crippen LogP contribution in [-0.2, 0) is 57.9 Å². The summed E-state index contributed by atoms with van der Waals surface area (Å²) in [4.78, 5) is 78.0. The van der Waals surface area contributed by atoms with Crippen molar-refractivity contribution in [2.24, 2.45) is 0 Å². The lowest BCUT2D eigenvalue weighted by molar-refractivity contribution is -0.431. The second-order valence-corrected chi connectivity index (χ2v) is 8.57. The average molecular weight is 524 g/mol. The first-order valence-electron chi connectivity index (χ1n) is 9.19. The molecule has 2 heterocycles. The topological polar surface area (TPSA) is 220 Å². The Labute approximate surface area is 194 Å². The lowest BCUT2D eigenvalue weighted by Gasteiger charge is -2.13. The summed E-state index contributed by atoms with van der Waals surface area (Å²) in [5.41, 5.74) is 0. The molecule has 0 aliphatic carbocycles. The Balaban J connectivity index is 1.62. The van der Waals surface area contributed by atoms with Crippen molar-refractivity contribution in [3.05, 3.63) is 22.0 Å². The monoisotopic (exact) mass is 524 g/mol. The molecule has 16 nitrogen and oxygen atoms in total. The molecule has 186 valence electrons. The second kappa shape index (κ2) is 11.8. The zero-order chi connectivity index (χ0) is 25.5. The minimum atomic E-state index is -4.95. The highest BCUT2D eigenvalue weighted by Gasteiger charge is 2.40. The molecular formula is C16H16N2O14S2. The molecule has 0 aromatic carbocycles. The average Bonchev–Trinajstić information content (AvgIpc) is 3.19. The van der Waals surface area contributed by atoms with Gasteiger partial charge in [-0.2, -0.15) is 8.42 Å². The Bertz CT molecular complexity index is 1060. The first kappa shape index (κ1) is 27.1. The van der Waals surface area contributed by atoms with Crippen LogP contribution in [0.25, 0.3) is 0 Å². The molecule has 0 radical (unpaired) electrons. The predicted molar refractivity (Wildman–Crippen MR) is 104 cm³/mol. The van der Waals surface area contributed by atoms with Crippen LogP contribution in [0.15, 0.2) is 22.0 Å². The van der Waals surface area contributed by atoms with Crippen LogP contribution in [0.1, 0.15) is 38.5 Å². The summed E-state index contributed by atoms with van der Waals surface area (Å²) in [6.45, 7) is 0. The summed E-state index contributed by atoms with van der Waals surface area (Å²) in [7, 11) is -4.95. The van der Waals surface area contributed by atoms with Gasteiger partial charge in [-0.3, -0.25) is 23.7 Å². The van der Waals surface area contributed by atoms with Crippen LogP contribution in [0.5, 0.6) is 0 Å². The minimum Gasteiger partial charge on any atom is -0.330 e. The van der Waals surface area contributed by atoms with Gasteiger partial charge in [0.25, 0.3) is 21.9 Å². The Morgan fingerprint density at radius 2 is 1.35 bits per heavy atom. The van der Waals surface area contributed by atoms with Crippen LogP contribution in [0, 0.1) is 0 Å². The van der Waals surface area contributed by atoms with Crippen molar-refractivity contribution in [3.63, 3.8) is 0 Å². The summed E-state index contributed by atoms with van der Waals surface area (Å²) in [6.07, 6.45) is 2.03. The van der Waals surface area contributed by atoms with Crippen molar-refractivity contribution in [2.75, 3.05) is 0 Å².